The topological polar surface area (TPSA) is 119 Å². The van der Waals surface area contributed by atoms with Crippen LogP contribution in [0, 0.1) is 17.8 Å². The minimum Gasteiger partial charge on any atom is -0.338 e. The van der Waals surface area contributed by atoms with E-state index in [1.165, 1.54) is 4.90 Å². The Labute approximate surface area is 199 Å². The molecule has 3 N–H and O–H groups in total. The number of nitrogens with zero attached hydrogens (tertiary/aromatic N) is 2. The minimum absolute atomic E-state index is 0.0563. The number of rotatable bonds is 13. The SMILES string of the molecule is CC.CCCCN(C(=O)C(CN(O)C=O)C1CCCC1)C(C)C(=O)NC(=O)NCCC(C)C. The van der Waals surface area contributed by atoms with Crippen molar-refractivity contribution < 1.29 is 24.4 Å². The van der Waals surface area contributed by atoms with E-state index in [-0.39, 0.29) is 18.4 Å². The maximum Gasteiger partial charge on any atom is 0.321 e. The lowest BCUT2D eigenvalue weighted by atomic mass is 9.88. The summed E-state index contributed by atoms with van der Waals surface area (Å²) in [6.45, 7) is 12.4. The molecule has 1 rings (SSSR count). The standard InChI is InChI=1S/C22H40N4O5.C2H6/c1-5-6-13-26(17(4)20(28)24-22(30)23-12-11-16(2)3)21(29)19(14-25(31)15-27)18-9-7-8-10-18;1-2/h15-19,31H,5-14H2,1-4H3,(H2,23,24,28,30);1-2H3. The molecule has 0 bridgehead atoms. The Kier molecular flexibility index (Phi) is 16.2. The van der Waals surface area contributed by atoms with Gasteiger partial charge < -0.3 is 10.2 Å². The van der Waals surface area contributed by atoms with Crippen molar-refractivity contribution in [3.05, 3.63) is 0 Å². The first-order valence-electron chi connectivity index (χ1n) is 12.5. The van der Waals surface area contributed by atoms with Crippen LogP contribution in [0.5, 0.6) is 0 Å². The summed E-state index contributed by atoms with van der Waals surface area (Å²) in [5, 5.41) is 15.2. The van der Waals surface area contributed by atoms with E-state index in [2.05, 4.69) is 10.6 Å². The maximum absolute atomic E-state index is 13.5. The minimum atomic E-state index is -0.845. The molecule has 192 valence electrons. The van der Waals surface area contributed by atoms with Crippen molar-refractivity contribution in [3.8, 4) is 0 Å². The van der Waals surface area contributed by atoms with Gasteiger partial charge in [0.1, 0.15) is 6.04 Å². The van der Waals surface area contributed by atoms with Crippen molar-refractivity contribution in [3.63, 3.8) is 0 Å². The fourth-order valence-corrected chi connectivity index (χ4v) is 3.95. The molecule has 1 saturated carbocycles. The molecule has 0 heterocycles. The van der Waals surface area contributed by atoms with Crippen LogP contribution in [0.25, 0.3) is 0 Å². The molecular formula is C24H46N4O5. The Morgan fingerprint density at radius 1 is 1.12 bits per heavy atom. The summed E-state index contributed by atoms with van der Waals surface area (Å²) >= 11 is 0. The lowest BCUT2D eigenvalue weighted by Crippen LogP contribution is -2.54. The number of hydrogen-bond donors (Lipinski definition) is 3. The molecule has 1 aliphatic carbocycles. The second kappa shape index (κ2) is 17.3. The van der Waals surface area contributed by atoms with Gasteiger partial charge in [-0.25, -0.2) is 9.86 Å². The summed E-state index contributed by atoms with van der Waals surface area (Å²) in [6.07, 6.45) is 6.34. The Morgan fingerprint density at radius 3 is 2.24 bits per heavy atom. The summed E-state index contributed by atoms with van der Waals surface area (Å²) in [5.41, 5.74) is 0. The highest BCUT2D eigenvalue weighted by Gasteiger charge is 2.37. The van der Waals surface area contributed by atoms with Gasteiger partial charge in [0.05, 0.1) is 12.5 Å². The number of amides is 5. The normalized spacial score (nSPS) is 15.2. The van der Waals surface area contributed by atoms with Crippen LogP contribution in [0.1, 0.15) is 86.5 Å². The third kappa shape index (κ3) is 11.5. The second-order valence-corrected chi connectivity index (χ2v) is 8.87. The van der Waals surface area contributed by atoms with Crippen LogP contribution >= 0.6 is 0 Å². The van der Waals surface area contributed by atoms with Crippen LogP contribution in [0.2, 0.25) is 0 Å². The van der Waals surface area contributed by atoms with Gasteiger partial charge >= 0.3 is 6.03 Å². The first kappa shape index (κ1) is 30.8. The lowest BCUT2D eigenvalue weighted by molar-refractivity contribution is -0.160. The molecule has 1 fully saturated rings. The zero-order valence-corrected chi connectivity index (χ0v) is 21.4. The quantitative estimate of drug-likeness (QED) is 0.216. The van der Waals surface area contributed by atoms with Gasteiger partial charge in [0, 0.05) is 13.1 Å². The molecule has 0 spiro atoms. The Hall–Kier alpha value is -2.16. The third-order valence-electron chi connectivity index (χ3n) is 5.92. The summed E-state index contributed by atoms with van der Waals surface area (Å²) in [4.78, 5) is 50.6. The van der Waals surface area contributed by atoms with E-state index in [1.807, 2.05) is 34.6 Å². The molecule has 2 atom stereocenters. The van der Waals surface area contributed by atoms with Crippen LogP contribution in [0.4, 0.5) is 4.79 Å². The van der Waals surface area contributed by atoms with Gasteiger partial charge in [-0.1, -0.05) is 53.9 Å². The summed E-state index contributed by atoms with van der Waals surface area (Å²) in [5.74, 6) is -0.899. The second-order valence-electron chi connectivity index (χ2n) is 8.87. The average Bonchev–Trinajstić information content (AvgIpc) is 3.32. The van der Waals surface area contributed by atoms with E-state index in [0.29, 0.717) is 36.9 Å². The fraction of sp³-hybridized carbons (Fsp3) is 0.833. The van der Waals surface area contributed by atoms with Crippen molar-refractivity contribution in [2.24, 2.45) is 17.8 Å². The van der Waals surface area contributed by atoms with Crippen LogP contribution in [0.15, 0.2) is 0 Å². The average molecular weight is 471 g/mol. The van der Waals surface area contributed by atoms with Gasteiger partial charge in [-0.3, -0.25) is 24.9 Å². The molecule has 5 amide bonds. The molecule has 33 heavy (non-hydrogen) atoms. The zero-order valence-electron chi connectivity index (χ0n) is 21.4. The van der Waals surface area contributed by atoms with E-state index in [9.17, 15) is 24.4 Å². The molecule has 9 heteroatoms. The molecule has 1 aliphatic rings. The molecule has 0 aromatic carbocycles. The van der Waals surface area contributed by atoms with Crippen molar-refractivity contribution >= 4 is 24.3 Å². The molecule has 0 saturated heterocycles. The number of carbonyl (C=O) groups excluding carboxylic acids is 4. The van der Waals surface area contributed by atoms with Crippen LogP contribution in [-0.2, 0) is 14.4 Å². The number of hydroxylamine groups is 2. The largest absolute Gasteiger partial charge is 0.338 e. The highest BCUT2D eigenvalue weighted by molar-refractivity contribution is 5.98. The van der Waals surface area contributed by atoms with Gasteiger partial charge in [-0.05, 0) is 44.4 Å². The van der Waals surface area contributed by atoms with Gasteiger partial charge in [0.2, 0.25) is 18.2 Å². The Balaban J connectivity index is 0.00000497. The number of urea groups is 1. The van der Waals surface area contributed by atoms with Crippen molar-refractivity contribution in [1.29, 1.82) is 0 Å². The summed E-state index contributed by atoms with van der Waals surface area (Å²) < 4.78 is 0. The van der Waals surface area contributed by atoms with E-state index in [0.717, 1.165) is 38.5 Å². The lowest BCUT2D eigenvalue weighted by Gasteiger charge is -2.34. The van der Waals surface area contributed by atoms with Gasteiger partial charge in [-0.15, -0.1) is 0 Å². The molecule has 2 unspecified atom stereocenters. The van der Waals surface area contributed by atoms with Gasteiger partial charge in [0.25, 0.3) is 0 Å². The zero-order chi connectivity index (χ0) is 25.4. The Morgan fingerprint density at radius 2 is 1.73 bits per heavy atom. The van der Waals surface area contributed by atoms with E-state index in [4.69, 9.17) is 0 Å². The van der Waals surface area contributed by atoms with Crippen LogP contribution < -0.4 is 10.6 Å². The molecule has 0 radical (unpaired) electrons. The van der Waals surface area contributed by atoms with Crippen LogP contribution in [-0.4, -0.2) is 65.1 Å². The van der Waals surface area contributed by atoms with E-state index < -0.39 is 23.9 Å². The van der Waals surface area contributed by atoms with Gasteiger partial charge in [0.15, 0.2) is 0 Å². The molecule has 0 aromatic heterocycles. The highest BCUT2D eigenvalue weighted by Crippen LogP contribution is 2.33. The van der Waals surface area contributed by atoms with Crippen molar-refractivity contribution in [2.45, 2.75) is 92.5 Å². The fourth-order valence-electron chi connectivity index (χ4n) is 3.95. The van der Waals surface area contributed by atoms with Crippen molar-refractivity contribution in [2.75, 3.05) is 19.6 Å². The molecule has 0 aromatic rings. The smallest absolute Gasteiger partial charge is 0.321 e. The number of imide groups is 1. The predicted octanol–water partition coefficient (Wildman–Crippen LogP) is 3.56. The third-order valence-corrected chi connectivity index (χ3v) is 5.92. The monoisotopic (exact) mass is 470 g/mol. The van der Waals surface area contributed by atoms with E-state index in [1.54, 1.807) is 6.92 Å². The summed E-state index contributed by atoms with van der Waals surface area (Å²) in [6, 6.07) is -1.42. The predicted molar refractivity (Wildman–Crippen MR) is 128 cm³/mol. The van der Waals surface area contributed by atoms with Crippen molar-refractivity contribution in [1.82, 2.24) is 20.6 Å². The molecular weight excluding hydrogens is 424 g/mol. The first-order valence-corrected chi connectivity index (χ1v) is 12.5. The number of unbranched alkanes of at least 4 members (excludes halogenated alkanes) is 1. The highest BCUT2D eigenvalue weighted by atomic mass is 16.5. The Bertz CT molecular complexity index is 593. The molecule has 0 aliphatic heterocycles. The maximum atomic E-state index is 13.5. The summed E-state index contributed by atoms with van der Waals surface area (Å²) in [7, 11) is 0. The van der Waals surface area contributed by atoms with E-state index >= 15 is 0 Å². The van der Waals surface area contributed by atoms with Gasteiger partial charge in [-0.2, -0.15) is 0 Å². The van der Waals surface area contributed by atoms with Crippen LogP contribution in [0.3, 0.4) is 0 Å². The molecule has 9 nitrogen and oxygen atoms in total. The number of nitrogens with one attached hydrogen (secondary N) is 2. The number of hydrogen-bond acceptors (Lipinski definition) is 5. The first-order chi connectivity index (χ1) is 15.7. The number of carbonyl (C=O) groups is 4.